The van der Waals surface area contributed by atoms with Crippen LogP contribution in [-0.4, -0.2) is 44.7 Å². The first kappa shape index (κ1) is 17.4. The molecule has 1 heterocycles. The van der Waals surface area contributed by atoms with E-state index < -0.39 is 21.9 Å². The molecule has 0 bridgehead atoms. The van der Waals surface area contributed by atoms with Crippen LogP contribution in [0.4, 0.5) is 0 Å². The van der Waals surface area contributed by atoms with E-state index >= 15 is 0 Å². The molecule has 1 saturated heterocycles. The second-order valence-corrected chi connectivity index (χ2v) is 7.49. The summed E-state index contributed by atoms with van der Waals surface area (Å²) >= 11 is 0. The van der Waals surface area contributed by atoms with Gasteiger partial charge in [0.1, 0.15) is 0 Å². The second-order valence-electron chi connectivity index (χ2n) is 5.77. The normalized spacial score (nSPS) is 25.0. The first-order valence-corrected chi connectivity index (χ1v) is 8.82. The van der Waals surface area contributed by atoms with Gasteiger partial charge in [-0.1, -0.05) is 18.2 Å². The predicted octanol–water partition coefficient (Wildman–Crippen LogP) is 1.26. The van der Waals surface area contributed by atoms with E-state index in [-0.39, 0.29) is 24.2 Å². The molecule has 124 valence electrons. The summed E-state index contributed by atoms with van der Waals surface area (Å²) in [5.41, 5.74) is 0. The van der Waals surface area contributed by atoms with Crippen molar-refractivity contribution in [2.75, 3.05) is 13.2 Å². The Morgan fingerprint density at radius 2 is 2.00 bits per heavy atom. The molecule has 22 heavy (non-hydrogen) atoms. The Morgan fingerprint density at radius 3 is 2.64 bits per heavy atom. The highest BCUT2D eigenvalue weighted by Crippen LogP contribution is 2.26. The lowest BCUT2D eigenvalue weighted by atomic mass is 10.1. The van der Waals surface area contributed by atoms with Crippen molar-refractivity contribution < 1.29 is 23.0 Å². The van der Waals surface area contributed by atoms with Gasteiger partial charge in [-0.3, -0.25) is 0 Å². The molecule has 1 aliphatic heterocycles. The Kier molecular flexibility index (Phi) is 5.57. The molecule has 2 N–H and O–H groups in total. The van der Waals surface area contributed by atoms with Crippen LogP contribution < -0.4 is 4.72 Å². The molecule has 1 fully saturated rings. The molecular formula is C15H23NO5S. The van der Waals surface area contributed by atoms with Crippen molar-refractivity contribution in [3.63, 3.8) is 0 Å². The molecule has 0 amide bonds. The Labute approximate surface area is 131 Å². The van der Waals surface area contributed by atoms with Gasteiger partial charge in [0.25, 0.3) is 0 Å². The van der Waals surface area contributed by atoms with Crippen LogP contribution in [0.5, 0.6) is 0 Å². The van der Waals surface area contributed by atoms with Crippen molar-refractivity contribution in [2.24, 2.45) is 0 Å². The molecule has 0 aliphatic carbocycles. The maximum atomic E-state index is 12.4. The molecule has 1 aromatic carbocycles. The molecule has 1 aliphatic rings. The molecule has 2 rings (SSSR count). The topological polar surface area (TPSA) is 84.9 Å². The maximum absolute atomic E-state index is 12.4. The zero-order valence-corrected chi connectivity index (χ0v) is 13.7. The van der Waals surface area contributed by atoms with Gasteiger partial charge in [0, 0.05) is 6.61 Å². The summed E-state index contributed by atoms with van der Waals surface area (Å²) in [5, 5.41) is 9.00. The van der Waals surface area contributed by atoms with Gasteiger partial charge in [0.15, 0.2) is 5.79 Å². The van der Waals surface area contributed by atoms with Crippen LogP contribution in [0.1, 0.15) is 26.7 Å². The van der Waals surface area contributed by atoms with Crippen LogP contribution in [0, 0.1) is 0 Å². The number of benzene rings is 1. The average molecular weight is 329 g/mol. The van der Waals surface area contributed by atoms with Crippen LogP contribution >= 0.6 is 0 Å². The Hall–Kier alpha value is -0.990. The smallest absolute Gasteiger partial charge is 0.240 e. The van der Waals surface area contributed by atoms with Crippen LogP contribution in [0.15, 0.2) is 35.2 Å². The molecule has 1 aromatic rings. The molecular weight excluding hydrogens is 306 g/mol. The van der Waals surface area contributed by atoms with Gasteiger partial charge in [0.05, 0.1) is 23.6 Å². The lowest BCUT2D eigenvalue weighted by Crippen LogP contribution is -2.55. The number of ether oxygens (including phenoxy) is 2. The van der Waals surface area contributed by atoms with Crippen LogP contribution in [0.2, 0.25) is 0 Å². The van der Waals surface area contributed by atoms with Crippen molar-refractivity contribution in [3.05, 3.63) is 30.3 Å². The van der Waals surface area contributed by atoms with E-state index in [1.54, 1.807) is 44.2 Å². The van der Waals surface area contributed by atoms with Crippen molar-refractivity contribution in [1.82, 2.24) is 4.72 Å². The largest absolute Gasteiger partial charge is 0.396 e. The highest BCUT2D eigenvalue weighted by molar-refractivity contribution is 7.89. The summed E-state index contributed by atoms with van der Waals surface area (Å²) < 4.78 is 38.8. The van der Waals surface area contributed by atoms with Crippen molar-refractivity contribution in [2.45, 2.75) is 49.5 Å². The highest BCUT2D eigenvalue weighted by Gasteiger charge is 2.38. The first-order chi connectivity index (χ1) is 10.3. The van der Waals surface area contributed by atoms with Crippen LogP contribution in [0.25, 0.3) is 0 Å². The van der Waals surface area contributed by atoms with E-state index in [2.05, 4.69) is 4.72 Å². The van der Waals surface area contributed by atoms with Crippen LogP contribution in [-0.2, 0) is 19.5 Å². The number of hydrogen-bond acceptors (Lipinski definition) is 5. The quantitative estimate of drug-likeness (QED) is 0.821. The maximum Gasteiger partial charge on any atom is 0.240 e. The minimum atomic E-state index is -3.63. The molecule has 2 atom stereocenters. The van der Waals surface area contributed by atoms with E-state index in [9.17, 15) is 8.42 Å². The fourth-order valence-electron chi connectivity index (χ4n) is 2.41. The van der Waals surface area contributed by atoms with E-state index in [0.717, 1.165) is 0 Å². The second kappa shape index (κ2) is 7.06. The summed E-state index contributed by atoms with van der Waals surface area (Å²) in [7, 11) is -3.63. The summed E-state index contributed by atoms with van der Waals surface area (Å²) in [6, 6.07) is 7.71. The third kappa shape index (κ3) is 4.50. The minimum absolute atomic E-state index is 0.0410. The van der Waals surface area contributed by atoms with Gasteiger partial charge >= 0.3 is 0 Å². The molecule has 0 spiro atoms. The zero-order chi connectivity index (χ0) is 16.2. The standard InChI is InChI=1S/C15H23NO5S/c1-15(2)20-11-13(14(21-15)9-6-10-17)16-22(18,19)12-7-4-3-5-8-12/h3-5,7-8,13-14,16-17H,6,9-11H2,1-2H3/t13-,14-/m1/s1. The Balaban J connectivity index is 2.12. The molecule has 0 saturated carbocycles. The van der Waals surface area contributed by atoms with E-state index in [1.807, 2.05) is 0 Å². The number of hydrogen-bond donors (Lipinski definition) is 2. The van der Waals surface area contributed by atoms with Crippen molar-refractivity contribution in [1.29, 1.82) is 0 Å². The van der Waals surface area contributed by atoms with Crippen molar-refractivity contribution >= 4 is 10.0 Å². The third-order valence-corrected chi connectivity index (χ3v) is 5.01. The number of aliphatic hydroxyl groups excluding tert-OH is 1. The number of sulfonamides is 1. The lowest BCUT2D eigenvalue weighted by Gasteiger charge is -2.41. The third-order valence-electron chi connectivity index (χ3n) is 3.50. The van der Waals surface area contributed by atoms with Gasteiger partial charge in [-0.15, -0.1) is 0 Å². The summed E-state index contributed by atoms with van der Waals surface area (Å²) in [4.78, 5) is 0.209. The fourth-order valence-corrected chi connectivity index (χ4v) is 3.68. The molecule has 0 aromatic heterocycles. The lowest BCUT2D eigenvalue weighted by molar-refractivity contribution is -0.281. The van der Waals surface area contributed by atoms with Gasteiger partial charge in [-0.25, -0.2) is 13.1 Å². The number of rotatable bonds is 6. The monoisotopic (exact) mass is 329 g/mol. The Bertz CT molecular complexity index is 573. The van der Waals surface area contributed by atoms with Gasteiger partial charge in [0.2, 0.25) is 10.0 Å². The van der Waals surface area contributed by atoms with Crippen molar-refractivity contribution in [3.8, 4) is 0 Å². The zero-order valence-electron chi connectivity index (χ0n) is 12.9. The molecule has 7 heteroatoms. The van der Waals surface area contributed by atoms with E-state index in [0.29, 0.717) is 12.8 Å². The predicted molar refractivity (Wildman–Crippen MR) is 81.8 cm³/mol. The van der Waals surface area contributed by atoms with E-state index in [1.165, 1.54) is 0 Å². The summed E-state index contributed by atoms with van der Waals surface area (Å²) in [6.07, 6.45) is 0.768. The van der Waals surface area contributed by atoms with Gasteiger partial charge in [-0.2, -0.15) is 0 Å². The fraction of sp³-hybridized carbons (Fsp3) is 0.600. The summed E-state index contributed by atoms with van der Waals surface area (Å²) in [5.74, 6) is -0.755. The first-order valence-electron chi connectivity index (χ1n) is 7.34. The van der Waals surface area contributed by atoms with Gasteiger partial charge < -0.3 is 14.6 Å². The minimum Gasteiger partial charge on any atom is -0.396 e. The molecule has 0 radical (unpaired) electrons. The number of aliphatic hydroxyl groups is 1. The van der Waals surface area contributed by atoms with E-state index in [4.69, 9.17) is 14.6 Å². The highest BCUT2D eigenvalue weighted by atomic mass is 32.2. The summed E-state index contributed by atoms with van der Waals surface area (Å²) in [6.45, 7) is 3.86. The Morgan fingerprint density at radius 1 is 1.32 bits per heavy atom. The van der Waals surface area contributed by atoms with Gasteiger partial charge in [-0.05, 0) is 38.8 Å². The molecule has 0 unspecified atom stereocenters. The average Bonchev–Trinajstić information content (AvgIpc) is 2.48. The SMILES string of the molecule is CC1(C)OC[C@@H](NS(=O)(=O)c2ccccc2)[C@@H](CCCO)O1. The number of nitrogens with one attached hydrogen (secondary N) is 1. The van der Waals surface area contributed by atoms with Crippen LogP contribution in [0.3, 0.4) is 0 Å². The molecule has 6 nitrogen and oxygen atoms in total.